The molecule has 0 saturated carbocycles. The number of amides is 2. The van der Waals surface area contributed by atoms with Crippen LogP contribution in [-0.2, 0) is 14.3 Å². The number of carbonyl (C=O) groups is 2. The molecule has 3 aliphatic rings. The first-order valence-electron chi connectivity index (χ1n) is 9.39. The molecule has 1 aromatic heterocycles. The van der Waals surface area contributed by atoms with Crippen molar-refractivity contribution in [2.45, 2.75) is 38.4 Å². The Labute approximate surface area is 157 Å². The molecular weight excluding hydrogens is 352 g/mol. The highest BCUT2D eigenvalue weighted by molar-refractivity contribution is 7.12. The summed E-state index contributed by atoms with van der Waals surface area (Å²) in [6.45, 7) is 6.52. The standard InChI is InChI=1S/C19H26N2O4S/c1-3-24-10-16(22)21-9-14-13(15-4-6-19(14,11-21)25-15)8-20-18(23)17-12(2)5-7-26-17/h5,7,13-15H,3-4,6,8-11H2,1-2H3,(H,20,23)/t13-,14+,15+,19+/m0/s1. The number of ether oxygens (including phenoxy) is 2. The average Bonchev–Trinajstić information content (AvgIpc) is 3.37. The van der Waals surface area contributed by atoms with Crippen molar-refractivity contribution >= 4 is 23.2 Å². The Hall–Kier alpha value is -1.44. The zero-order valence-corrected chi connectivity index (χ0v) is 16.1. The van der Waals surface area contributed by atoms with Crippen molar-refractivity contribution in [3.05, 3.63) is 21.9 Å². The van der Waals surface area contributed by atoms with Crippen molar-refractivity contribution in [1.29, 1.82) is 0 Å². The summed E-state index contributed by atoms with van der Waals surface area (Å²) in [7, 11) is 0. The molecule has 2 amide bonds. The predicted octanol–water partition coefficient (Wildman–Crippen LogP) is 1.83. The zero-order valence-electron chi connectivity index (χ0n) is 15.3. The van der Waals surface area contributed by atoms with E-state index >= 15 is 0 Å². The van der Waals surface area contributed by atoms with Gasteiger partial charge in [-0.15, -0.1) is 11.3 Å². The number of carbonyl (C=O) groups excluding carboxylic acids is 2. The molecule has 0 aromatic carbocycles. The molecule has 0 aliphatic carbocycles. The molecule has 0 unspecified atom stereocenters. The topological polar surface area (TPSA) is 67.9 Å². The number of nitrogens with zero attached hydrogens (tertiary/aromatic N) is 1. The Kier molecular flexibility index (Phi) is 4.79. The van der Waals surface area contributed by atoms with Gasteiger partial charge in [0.2, 0.25) is 5.91 Å². The maximum Gasteiger partial charge on any atom is 0.261 e. The van der Waals surface area contributed by atoms with Crippen molar-refractivity contribution in [2.75, 3.05) is 32.8 Å². The fourth-order valence-electron chi connectivity index (χ4n) is 4.83. The fourth-order valence-corrected chi connectivity index (χ4v) is 5.67. The van der Waals surface area contributed by atoms with Crippen LogP contribution in [0, 0.1) is 18.8 Å². The third kappa shape index (κ3) is 2.96. The molecule has 26 heavy (non-hydrogen) atoms. The van der Waals surface area contributed by atoms with Crippen LogP contribution in [0.1, 0.15) is 35.0 Å². The zero-order chi connectivity index (χ0) is 18.3. The quantitative estimate of drug-likeness (QED) is 0.820. The van der Waals surface area contributed by atoms with Gasteiger partial charge in [0.05, 0.1) is 23.1 Å². The lowest BCUT2D eigenvalue weighted by atomic mass is 9.73. The van der Waals surface area contributed by atoms with Gasteiger partial charge in [-0.25, -0.2) is 0 Å². The fraction of sp³-hybridized carbons (Fsp3) is 0.684. The van der Waals surface area contributed by atoms with Crippen LogP contribution >= 0.6 is 11.3 Å². The molecule has 4 rings (SSSR count). The first-order chi connectivity index (χ1) is 12.5. The lowest BCUT2D eigenvalue weighted by Gasteiger charge is -2.29. The molecule has 3 fully saturated rings. The number of hydrogen-bond acceptors (Lipinski definition) is 5. The minimum atomic E-state index is -0.208. The molecule has 1 N–H and O–H groups in total. The van der Waals surface area contributed by atoms with Gasteiger partial charge in [0.25, 0.3) is 5.91 Å². The summed E-state index contributed by atoms with van der Waals surface area (Å²) < 4.78 is 11.6. The number of thiophene rings is 1. The van der Waals surface area contributed by atoms with Crippen molar-refractivity contribution < 1.29 is 19.1 Å². The Morgan fingerprint density at radius 1 is 1.50 bits per heavy atom. The summed E-state index contributed by atoms with van der Waals surface area (Å²) in [4.78, 5) is 27.5. The molecule has 7 heteroatoms. The molecule has 3 aliphatic heterocycles. The van der Waals surface area contributed by atoms with Gasteiger partial charge in [-0.1, -0.05) is 0 Å². The van der Waals surface area contributed by atoms with E-state index in [4.69, 9.17) is 9.47 Å². The Balaban J connectivity index is 1.40. The number of aryl methyl sites for hydroxylation is 1. The van der Waals surface area contributed by atoms with Gasteiger partial charge >= 0.3 is 0 Å². The van der Waals surface area contributed by atoms with Crippen LogP contribution < -0.4 is 5.32 Å². The van der Waals surface area contributed by atoms with Gasteiger partial charge in [0.1, 0.15) is 6.61 Å². The van der Waals surface area contributed by atoms with Gasteiger partial charge in [-0.05, 0) is 43.7 Å². The highest BCUT2D eigenvalue weighted by Gasteiger charge is 2.63. The van der Waals surface area contributed by atoms with Crippen LogP contribution in [0.5, 0.6) is 0 Å². The van der Waals surface area contributed by atoms with Gasteiger partial charge in [0, 0.05) is 31.5 Å². The van der Waals surface area contributed by atoms with E-state index in [-0.39, 0.29) is 36.0 Å². The highest BCUT2D eigenvalue weighted by Crippen LogP contribution is 2.54. The normalized spacial score (nSPS) is 32.1. The van der Waals surface area contributed by atoms with Crippen molar-refractivity contribution in [3.63, 3.8) is 0 Å². The minimum Gasteiger partial charge on any atom is -0.372 e. The molecule has 3 saturated heterocycles. The number of nitrogens with one attached hydrogen (secondary N) is 1. The first-order valence-corrected chi connectivity index (χ1v) is 10.3. The smallest absolute Gasteiger partial charge is 0.261 e. The second-order valence-corrected chi connectivity index (χ2v) is 8.50. The average molecular weight is 378 g/mol. The molecular formula is C19H26N2O4S. The molecule has 1 aromatic rings. The van der Waals surface area contributed by atoms with E-state index in [2.05, 4.69) is 5.32 Å². The summed E-state index contributed by atoms with van der Waals surface area (Å²) in [5.41, 5.74) is 0.808. The molecule has 6 nitrogen and oxygen atoms in total. The van der Waals surface area contributed by atoms with Crippen LogP contribution in [0.4, 0.5) is 0 Å². The maximum absolute atomic E-state index is 12.4. The van der Waals surface area contributed by atoms with E-state index < -0.39 is 0 Å². The number of fused-ring (bicyclic) bond motifs is 1. The van der Waals surface area contributed by atoms with Crippen LogP contribution in [0.15, 0.2) is 11.4 Å². The summed E-state index contributed by atoms with van der Waals surface area (Å²) in [5, 5.41) is 5.05. The Morgan fingerprint density at radius 2 is 2.35 bits per heavy atom. The molecule has 4 heterocycles. The lowest BCUT2D eigenvalue weighted by Crippen LogP contribution is -2.41. The lowest BCUT2D eigenvalue weighted by molar-refractivity contribution is -0.136. The molecule has 0 radical (unpaired) electrons. The molecule has 2 bridgehead atoms. The second kappa shape index (κ2) is 6.94. The SMILES string of the molecule is CCOCC(=O)N1C[C@@H]2[C@H](CNC(=O)c3sccc3C)[C@H]3CC[C@]2(C1)O3. The molecule has 1 spiro atoms. The van der Waals surface area contributed by atoms with Gasteiger partial charge in [-0.3, -0.25) is 9.59 Å². The molecule has 4 atom stereocenters. The number of rotatable bonds is 6. The number of likely N-dealkylation sites (tertiary alicyclic amines) is 1. The summed E-state index contributed by atoms with van der Waals surface area (Å²) in [6.07, 6.45) is 2.23. The predicted molar refractivity (Wildman–Crippen MR) is 98.3 cm³/mol. The van der Waals surface area contributed by atoms with Crippen LogP contribution in [0.2, 0.25) is 0 Å². The monoisotopic (exact) mass is 378 g/mol. The van der Waals surface area contributed by atoms with Crippen LogP contribution in [-0.4, -0.2) is 61.3 Å². The second-order valence-electron chi connectivity index (χ2n) is 7.58. The van der Waals surface area contributed by atoms with Gasteiger partial charge < -0.3 is 19.7 Å². The van der Waals surface area contributed by atoms with Crippen molar-refractivity contribution in [2.24, 2.45) is 11.8 Å². The third-order valence-electron chi connectivity index (χ3n) is 6.13. The summed E-state index contributed by atoms with van der Waals surface area (Å²) in [6, 6.07) is 1.97. The van der Waals surface area contributed by atoms with Crippen molar-refractivity contribution in [3.8, 4) is 0 Å². The number of hydrogen-bond donors (Lipinski definition) is 1. The van der Waals surface area contributed by atoms with E-state index in [1.54, 1.807) is 0 Å². The summed E-state index contributed by atoms with van der Waals surface area (Å²) in [5.74, 6) is 0.616. The first kappa shape index (κ1) is 17.9. The van der Waals surface area contributed by atoms with Gasteiger partial charge in [-0.2, -0.15) is 0 Å². The van der Waals surface area contributed by atoms with Crippen molar-refractivity contribution in [1.82, 2.24) is 10.2 Å². The van der Waals surface area contributed by atoms with E-state index in [9.17, 15) is 9.59 Å². The van der Waals surface area contributed by atoms with E-state index in [0.717, 1.165) is 23.3 Å². The Morgan fingerprint density at radius 3 is 3.08 bits per heavy atom. The third-order valence-corrected chi connectivity index (χ3v) is 7.15. The van der Waals surface area contributed by atoms with Crippen LogP contribution in [0.25, 0.3) is 0 Å². The van der Waals surface area contributed by atoms with E-state index in [1.807, 2.05) is 30.2 Å². The van der Waals surface area contributed by atoms with E-state index in [0.29, 0.717) is 32.2 Å². The maximum atomic E-state index is 12.4. The van der Waals surface area contributed by atoms with Crippen LogP contribution in [0.3, 0.4) is 0 Å². The van der Waals surface area contributed by atoms with Gasteiger partial charge in [0.15, 0.2) is 0 Å². The van der Waals surface area contributed by atoms with E-state index in [1.165, 1.54) is 11.3 Å². The molecule has 142 valence electrons. The largest absolute Gasteiger partial charge is 0.372 e. The Bertz CT molecular complexity index is 705. The highest BCUT2D eigenvalue weighted by atomic mass is 32.1. The minimum absolute atomic E-state index is 0.00315. The summed E-state index contributed by atoms with van der Waals surface area (Å²) >= 11 is 1.48.